The molecule has 1 heterocycles. The van der Waals surface area contributed by atoms with Crippen molar-refractivity contribution in [1.29, 1.82) is 5.26 Å². The first-order valence-corrected chi connectivity index (χ1v) is 5.19. The van der Waals surface area contributed by atoms with Gasteiger partial charge in [-0.1, -0.05) is 0 Å². The Morgan fingerprint density at radius 1 is 1.40 bits per heavy atom. The number of nitriles is 1. The van der Waals surface area contributed by atoms with Crippen LogP contribution < -0.4 is 5.32 Å². The Morgan fingerprint density at radius 3 is 2.47 bits per heavy atom. The molecule has 1 atom stereocenters. The highest BCUT2D eigenvalue weighted by Gasteiger charge is 2.32. The molecule has 2 amide bonds. The molecule has 5 nitrogen and oxygen atoms in total. The third-order valence-corrected chi connectivity index (χ3v) is 2.69. The first kappa shape index (κ1) is 10.1. The van der Waals surface area contributed by atoms with E-state index in [4.69, 9.17) is 5.26 Å². The molecule has 1 N–H and O–H groups in total. The van der Waals surface area contributed by atoms with Crippen LogP contribution in [0.4, 0.5) is 0 Å². The first-order valence-electron chi connectivity index (χ1n) is 5.19. The van der Waals surface area contributed by atoms with E-state index in [1.54, 1.807) is 0 Å². The maximum absolute atomic E-state index is 11.3. The Morgan fingerprint density at radius 2 is 2.00 bits per heavy atom. The van der Waals surface area contributed by atoms with Crippen molar-refractivity contribution in [2.75, 3.05) is 6.54 Å². The van der Waals surface area contributed by atoms with Crippen LogP contribution in [0, 0.1) is 11.3 Å². The van der Waals surface area contributed by atoms with Gasteiger partial charge in [-0.2, -0.15) is 5.26 Å². The van der Waals surface area contributed by atoms with Gasteiger partial charge in [-0.3, -0.25) is 19.8 Å². The molecule has 0 aromatic carbocycles. The van der Waals surface area contributed by atoms with Crippen molar-refractivity contribution in [3.05, 3.63) is 0 Å². The summed E-state index contributed by atoms with van der Waals surface area (Å²) in [5.41, 5.74) is 0. The summed E-state index contributed by atoms with van der Waals surface area (Å²) in [6, 6.07) is 2.08. The van der Waals surface area contributed by atoms with Crippen LogP contribution in [0.1, 0.15) is 25.7 Å². The largest absolute Gasteiger partial charge is 0.298 e. The second-order valence-electron chi connectivity index (χ2n) is 4.02. The molecule has 2 rings (SSSR count). The minimum absolute atomic E-state index is 0.155. The average molecular weight is 207 g/mol. The Labute approximate surface area is 88.0 Å². The second-order valence-corrected chi connectivity index (χ2v) is 4.02. The smallest absolute Gasteiger partial charge is 0.229 e. The maximum Gasteiger partial charge on any atom is 0.229 e. The highest BCUT2D eigenvalue weighted by atomic mass is 16.2. The van der Waals surface area contributed by atoms with Gasteiger partial charge in [0.2, 0.25) is 11.8 Å². The van der Waals surface area contributed by atoms with Gasteiger partial charge >= 0.3 is 0 Å². The van der Waals surface area contributed by atoms with Crippen molar-refractivity contribution in [2.24, 2.45) is 0 Å². The fourth-order valence-corrected chi connectivity index (χ4v) is 1.67. The van der Waals surface area contributed by atoms with Gasteiger partial charge in [0.15, 0.2) is 0 Å². The van der Waals surface area contributed by atoms with Gasteiger partial charge in [0, 0.05) is 18.9 Å². The molecule has 80 valence electrons. The van der Waals surface area contributed by atoms with Crippen LogP contribution in [0.25, 0.3) is 0 Å². The molecule has 0 radical (unpaired) electrons. The molecule has 2 aliphatic rings. The molecular formula is C10H13N3O2. The molecule has 0 bridgehead atoms. The fourth-order valence-electron chi connectivity index (χ4n) is 1.67. The van der Waals surface area contributed by atoms with Crippen LogP contribution in [-0.2, 0) is 9.59 Å². The highest BCUT2D eigenvalue weighted by Crippen LogP contribution is 2.20. The molecule has 0 aromatic heterocycles. The van der Waals surface area contributed by atoms with E-state index in [1.807, 2.05) is 0 Å². The third kappa shape index (κ3) is 2.34. The maximum atomic E-state index is 11.3. The van der Waals surface area contributed by atoms with Crippen LogP contribution in [0.2, 0.25) is 0 Å². The number of imide groups is 1. The lowest BCUT2D eigenvalue weighted by atomic mass is 10.3. The minimum Gasteiger partial charge on any atom is -0.298 e. The number of carbonyl (C=O) groups excluding carboxylic acids is 2. The summed E-state index contributed by atoms with van der Waals surface area (Å²) in [4.78, 5) is 23.8. The summed E-state index contributed by atoms with van der Waals surface area (Å²) < 4.78 is 0. The topological polar surface area (TPSA) is 73.2 Å². The van der Waals surface area contributed by atoms with Crippen LogP contribution in [0.15, 0.2) is 0 Å². The predicted molar refractivity (Wildman–Crippen MR) is 51.5 cm³/mol. The zero-order valence-corrected chi connectivity index (χ0v) is 8.40. The van der Waals surface area contributed by atoms with Gasteiger partial charge < -0.3 is 0 Å². The van der Waals surface area contributed by atoms with E-state index >= 15 is 0 Å². The lowest BCUT2D eigenvalue weighted by Crippen LogP contribution is -2.43. The standard InChI is InChI=1S/C10H13N3O2/c11-5-8(12-7-1-2-7)6-13-9(14)3-4-10(13)15/h7-8,12H,1-4,6H2. The number of likely N-dealkylation sites (tertiary alicyclic amines) is 1. The summed E-state index contributed by atoms with van der Waals surface area (Å²) in [6.07, 6.45) is 2.75. The van der Waals surface area contributed by atoms with Crippen molar-refractivity contribution in [1.82, 2.24) is 10.2 Å². The van der Waals surface area contributed by atoms with Crippen LogP contribution in [0.5, 0.6) is 0 Å². The molecule has 1 saturated carbocycles. The van der Waals surface area contributed by atoms with E-state index in [0.717, 1.165) is 12.8 Å². The van der Waals surface area contributed by atoms with Crippen molar-refractivity contribution in [3.8, 4) is 6.07 Å². The van der Waals surface area contributed by atoms with E-state index in [9.17, 15) is 9.59 Å². The summed E-state index contributed by atoms with van der Waals surface area (Å²) in [5.74, 6) is -0.310. The molecule has 5 heteroatoms. The van der Waals surface area contributed by atoms with Gasteiger partial charge in [0.1, 0.15) is 6.04 Å². The molecule has 1 aliphatic carbocycles. The van der Waals surface area contributed by atoms with Gasteiger partial charge in [-0.25, -0.2) is 0 Å². The third-order valence-electron chi connectivity index (χ3n) is 2.69. The minimum atomic E-state index is -0.413. The van der Waals surface area contributed by atoms with Crippen LogP contribution >= 0.6 is 0 Å². The van der Waals surface area contributed by atoms with Crippen molar-refractivity contribution in [2.45, 2.75) is 37.8 Å². The number of hydrogen-bond acceptors (Lipinski definition) is 4. The summed E-state index contributed by atoms with van der Waals surface area (Å²) >= 11 is 0. The van der Waals surface area contributed by atoms with Crippen molar-refractivity contribution >= 4 is 11.8 Å². The van der Waals surface area contributed by atoms with E-state index in [1.165, 1.54) is 4.90 Å². The van der Waals surface area contributed by atoms with Crippen molar-refractivity contribution < 1.29 is 9.59 Å². The number of hydrogen-bond donors (Lipinski definition) is 1. The number of amides is 2. The van der Waals surface area contributed by atoms with Gasteiger partial charge in [-0.05, 0) is 12.8 Å². The molecule has 1 aliphatic heterocycles. The predicted octanol–water partition coefficient (Wildman–Crippen LogP) is -0.220. The summed E-state index contributed by atoms with van der Waals surface area (Å²) in [5, 5.41) is 12.0. The zero-order valence-electron chi connectivity index (χ0n) is 8.40. The first-order chi connectivity index (χ1) is 7.20. The average Bonchev–Trinajstić information content (AvgIpc) is 2.98. The normalized spacial score (nSPS) is 23.0. The van der Waals surface area contributed by atoms with E-state index < -0.39 is 6.04 Å². The van der Waals surface area contributed by atoms with Crippen LogP contribution in [0.3, 0.4) is 0 Å². The summed E-state index contributed by atoms with van der Waals surface area (Å²) in [7, 11) is 0. The lowest BCUT2D eigenvalue weighted by molar-refractivity contribution is -0.138. The Hall–Kier alpha value is -1.41. The number of nitrogens with zero attached hydrogens (tertiary/aromatic N) is 2. The lowest BCUT2D eigenvalue weighted by Gasteiger charge is -2.18. The molecule has 15 heavy (non-hydrogen) atoms. The van der Waals surface area contributed by atoms with E-state index in [2.05, 4.69) is 11.4 Å². The van der Waals surface area contributed by atoms with E-state index in [-0.39, 0.29) is 18.4 Å². The molecule has 2 fully saturated rings. The zero-order chi connectivity index (χ0) is 10.8. The molecular weight excluding hydrogens is 194 g/mol. The Bertz CT molecular complexity index is 314. The fraction of sp³-hybridized carbons (Fsp3) is 0.700. The van der Waals surface area contributed by atoms with Gasteiger partial charge in [-0.15, -0.1) is 0 Å². The molecule has 1 unspecified atom stereocenters. The SMILES string of the molecule is N#CC(CN1C(=O)CCC1=O)NC1CC1. The molecule has 0 aromatic rings. The number of nitrogens with one attached hydrogen (secondary N) is 1. The quantitative estimate of drug-likeness (QED) is 0.647. The number of rotatable bonds is 4. The summed E-state index contributed by atoms with van der Waals surface area (Å²) in [6.45, 7) is 0.199. The van der Waals surface area contributed by atoms with Gasteiger partial charge in [0.05, 0.1) is 12.6 Å². The second kappa shape index (κ2) is 3.99. The molecule has 1 saturated heterocycles. The van der Waals surface area contributed by atoms with Crippen molar-refractivity contribution in [3.63, 3.8) is 0 Å². The van der Waals surface area contributed by atoms with Crippen LogP contribution in [-0.4, -0.2) is 35.3 Å². The Balaban J connectivity index is 1.90. The van der Waals surface area contributed by atoms with Gasteiger partial charge in [0.25, 0.3) is 0 Å². The highest BCUT2D eigenvalue weighted by molar-refractivity contribution is 6.01. The van der Waals surface area contributed by atoms with E-state index in [0.29, 0.717) is 18.9 Å². The number of carbonyl (C=O) groups is 2. The Kier molecular flexibility index (Phi) is 2.69. The molecule has 0 spiro atoms. The monoisotopic (exact) mass is 207 g/mol.